The Morgan fingerprint density at radius 3 is 2.70 bits per heavy atom. The molecule has 0 bridgehead atoms. The van der Waals surface area contributed by atoms with Gasteiger partial charge >= 0.3 is 5.97 Å². The maximum Gasteiger partial charge on any atom is 0.323 e. The van der Waals surface area contributed by atoms with E-state index in [1.807, 2.05) is 18.2 Å². The average Bonchev–Trinajstić information content (AvgIpc) is 2.54. The summed E-state index contributed by atoms with van der Waals surface area (Å²) in [5, 5.41) is 3.23. The van der Waals surface area contributed by atoms with E-state index in [-0.39, 0.29) is 12.0 Å². The Morgan fingerprint density at radius 1 is 1.15 bits per heavy atom. The molecule has 1 aliphatic heterocycles. The summed E-state index contributed by atoms with van der Waals surface area (Å²) in [6.07, 6.45) is 0.674. The number of hydrogen-bond donors (Lipinski definition) is 1. The van der Waals surface area contributed by atoms with Crippen LogP contribution in [0.1, 0.15) is 11.1 Å². The first kappa shape index (κ1) is 12.9. The lowest BCUT2D eigenvalue weighted by Gasteiger charge is -2.26. The van der Waals surface area contributed by atoms with Gasteiger partial charge in [0.2, 0.25) is 0 Å². The minimum atomic E-state index is -0.252. The smallest absolute Gasteiger partial charge is 0.323 e. The minimum Gasteiger partial charge on any atom is -0.468 e. The molecule has 1 heterocycles. The molecular weight excluding hydrogens is 250 g/mol. The molecule has 0 aliphatic carbocycles. The third kappa shape index (κ3) is 2.32. The van der Waals surface area contributed by atoms with E-state index in [0.29, 0.717) is 13.0 Å². The van der Waals surface area contributed by atoms with E-state index in [0.717, 1.165) is 0 Å². The van der Waals surface area contributed by atoms with Crippen molar-refractivity contribution in [2.45, 2.75) is 19.0 Å². The number of hydrogen-bond acceptors (Lipinski definition) is 3. The van der Waals surface area contributed by atoms with Crippen LogP contribution < -0.4 is 5.32 Å². The van der Waals surface area contributed by atoms with Gasteiger partial charge in [-0.05, 0) is 28.7 Å². The largest absolute Gasteiger partial charge is 0.468 e. The lowest BCUT2D eigenvalue weighted by atomic mass is 9.88. The average molecular weight is 267 g/mol. The van der Waals surface area contributed by atoms with Crippen molar-refractivity contribution in [2.24, 2.45) is 0 Å². The first-order valence-corrected chi connectivity index (χ1v) is 6.77. The second-order valence-corrected chi connectivity index (χ2v) is 4.97. The van der Waals surface area contributed by atoms with Crippen molar-refractivity contribution in [3.05, 3.63) is 59.7 Å². The zero-order valence-electron chi connectivity index (χ0n) is 11.4. The number of ether oxygens (including phenoxy) is 1. The third-order valence-electron chi connectivity index (χ3n) is 3.79. The molecule has 0 saturated carbocycles. The topological polar surface area (TPSA) is 38.3 Å². The number of rotatable bonds is 2. The molecular formula is C17H17NO2. The number of methoxy groups -OCH3 is 1. The van der Waals surface area contributed by atoms with Gasteiger partial charge in [-0.15, -0.1) is 0 Å². The molecule has 0 amide bonds. The van der Waals surface area contributed by atoms with E-state index in [1.54, 1.807) is 0 Å². The summed E-state index contributed by atoms with van der Waals surface area (Å²) in [6.45, 7) is 0.704. The van der Waals surface area contributed by atoms with Gasteiger partial charge in [-0.3, -0.25) is 4.79 Å². The Bertz CT molecular complexity index is 622. The van der Waals surface area contributed by atoms with Crippen LogP contribution in [0.2, 0.25) is 0 Å². The number of esters is 1. The van der Waals surface area contributed by atoms with Gasteiger partial charge < -0.3 is 10.1 Å². The van der Waals surface area contributed by atoms with Crippen molar-refractivity contribution < 1.29 is 9.53 Å². The van der Waals surface area contributed by atoms with E-state index < -0.39 is 0 Å². The molecule has 1 aliphatic rings. The van der Waals surface area contributed by atoms with Crippen LogP contribution in [-0.4, -0.2) is 19.1 Å². The van der Waals surface area contributed by atoms with Gasteiger partial charge in [-0.25, -0.2) is 0 Å². The highest BCUT2D eigenvalue weighted by molar-refractivity contribution is 5.78. The van der Waals surface area contributed by atoms with E-state index >= 15 is 0 Å². The lowest BCUT2D eigenvalue weighted by Crippen LogP contribution is -2.42. The molecule has 0 saturated heterocycles. The molecule has 20 heavy (non-hydrogen) atoms. The predicted molar refractivity (Wildman–Crippen MR) is 78.2 cm³/mol. The first-order valence-electron chi connectivity index (χ1n) is 6.77. The Morgan fingerprint density at radius 2 is 1.95 bits per heavy atom. The Labute approximate surface area is 118 Å². The van der Waals surface area contributed by atoms with Crippen LogP contribution in [0.25, 0.3) is 11.1 Å². The Balaban J connectivity index is 2.01. The molecule has 2 aromatic rings. The number of benzene rings is 2. The van der Waals surface area contributed by atoms with E-state index in [1.165, 1.54) is 29.4 Å². The van der Waals surface area contributed by atoms with Crippen molar-refractivity contribution in [3.8, 4) is 11.1 Å². The van der Waals surface area contributed by atoms with Crippen LogP contribution in [0.4, 0.5) is 0 Å². The summed E-state index contributed by atoms with van der Waals surface area (Å²) in [5.41, 5.74) is 4.90. The minimum absolute atomic E-state index is 0.196. The van der Waals surface area contributed by atoms with Gasteiger partial charge in [0.15, 0.2) is 0 Å². The molecule has 3 nitrogen and oxygen atoms in total. The van der Waals surface area contributed by atoms with Crippen molar-refractivity contribution >= 4 is 5.97 Å². The highest BCUT2D eigenvalue weighted by atomic mass is 16.5. The van der Waals surface area contributed by atoms with E-state index in [9.17, 15) is 4.79 Å². The monoisotopic (exact) mass is 267 g/mol. The number of fused-ring (bicyclic) bond motifs is 1. The third-order valence-corrected chi connectivity index (χ3v) is 3.79. The highest BCUT2D eigenvalue weighted by Gasteiger charge is 2.26. The zero-order valence-corrected chi connectivity index (χ0v) is 11.4. The molecule has 0 unspecified atom stereocenters. The van der Waals surface area contributed by atoms with Crippen molar-refractivity contribution in [1.82, 2.24) is 5.32 Å². The van der Waals surface area contributed by atoms with Crippen molar-refractivity contribution in [2.75, 3.05) is 7.11 Å². The van der Waals surface area contributed by atoms with Crippen LogP contribution in [-0.2, 0) is 22.5 Å². The predicted octanol–water partition coefficient (Wildman–Crippen LogP) is 2.54. The summed E-state index contributed by atoms with van der Waals surface area (Å²) in [5.74, 6) is -0.196. The van der Waals surface area contributed by atoms with Gasteiger partial charge in [-0.1, -0.05) is 48.5 Å². The fourth-order valence-electron chi connectivity index (χ4n) is 2.75. The molecule has 0 radical (unpaired) electrons. The van der Waals surface area contributed by atoms with Gasteiger partial charge in [0, 0.05) is 6.54 Å². The number of carbonyl (C=O) groups excluding carboxylic acids is 1. The van der Waals surface area contributed by atoms with Gasteiger partial charge in [-0.2, -0.15) is 0 Å². The van der Waals surface area contributed by atoms with Gasteiger partial charge in [0.25, 0.3) is 0 Å². The second-order valence-electron chi connectivity index (χ2n) is 4.97. The molecule has 0 aromatic heterocycles. The standard InChI is InChI=1S/C17H17NO2/c1-20-17(19)16-10-15-13(11-18-16)8-5-9-14(15)12-6-3-2-4-7-12/h2-9,16,18H,10-11H2,1H3/t16-/m0/s1. The van der Waals surface area contributed by atoms with Crippen molar-refractivity contribution in [3.63, 3.8) is 0 Å². The van der Waals surface area contributed by atoms with E-state index in [2.05, 4.69) is 35.6 Å². The fourth-order valence-corrected chi connectivity index (χ4v) is 2.75. The van der Waals surface area contributed by atoms with Crippen LogP contribution in [0.3, 0.4) is 0 Å². The molecule has 0 spiro atoms. The Hall–Kier alpha value is -2.13. The van der Waals surface area contributed by atoms with Gasteiger partial charge in [0.05, 0.1) is 7.11 Å². The summed E-state index contributed by atoms with van der Waals surface area (Å²) in [6, 6.07) is 16.3. The summed E-state index contributed by atoms with van der Waals surface area (Å²) in [4.78, 5) is 11.7. The summed E-state index contributed by atoms with van der Waals surface area (Å²) >= 11 is 0. The molecule has 102 valence electrons. The van der Waals surface area contributed by atoms with E-state index in [4.69, 9.17) is 4.74 Å². The molecule has 1 N–H and O–H groups in total. The molecule has 3 heteroatoms. The first-order chi connectivity index (χ1) is 9.79. The van der Waals surface area contributed by atoms with Crippen LogP contribution in [0.15, 0.2) is 48.5 Å². The van der Waals surface area contributed by atoms with Gasteiger partial charge in [0.1, 0.15) is 6.04 Å². The normalized spacial score (nSPS) is 17.4. The maximum atomic E-state index is 11.7. The summed E-state index contributed by atoms with van der Waals surface area (Å²) in [7, 11) is 1.43. The maximum absolute atomic E-state index is 11.7. The number of nitrogens with one attached hydrogen (secondary N) is 1. The summed E-state index contributed by atoms with van der Waals surface area (Å²) < 4.78 is 4.85. The van der Waals surface area contributed by atoms with Crippen LogP contribution >= 0.6 is 0 Å². The van der Waals surface area contributed by atoms with Crippen LogP contribution in [0, 0.1) is 0 Å². The lowest BCUT2D eigenvalue weighted by molar-refractivity contribution is -0.143. The SMILES string of the molecule is COC(=O)[C@@H]1Cc2c(cccc2-c2ccccc2)CN1. The van der Waals surface area contributed by atoms with Crippen molar-refractivity contribution in [1.29, 1.82) is 0 Å². The highest BCUT2D eigenvalue weighted by Crippen LogP contribution is 2.29. The molecule has 3 rings (SSSR count). The molecule has 0 fully saturated rings. The second kappa shape index (κ2) is 5.47. The fraction of sp³-hybridized carbons (Fsp3) is 0.235. The number of carbonyl (C=O) groups is 1. The molecule has 1 atom stereocenters. The Kier molecular flexibility index (Phi) is 3.52. The van der Waals surface area contributed by atoms with Crippen LogP contribution in [0.5, 0.6) is 0 Å². The molecule has 2 aromatic carbocycles. The zero-order chi connectivity index (χ0) is 13.9. The quantitative estimate of drug-likeness (QED) is 0.850.